The Morgan fingerprint density at radius 1 is 0.862 bits per heavy atom. The molecule has 0 aromatic carbocycles. The Balaban J connectivity index is 5.67. The summed E-state index contributed by atoms with van der Waals surface area (Å²) in [5, 5.41) is 9.66. The van der Waals surface area contributed by atoms with Gasteiger partial charge in [0.15, 0.2) is 5.41 Å². The predicted molar refractivity (Wildman–Crippen MR) is 81.7 cm³/mol. The van der Waals surface area contributed by atoms with Gasteiger partial charge in [0.1, 0.15) is 6.61 Å². The number of alkyl halides is 9. The molecule has 0 rings (SSSR count). The Morgan fingerprint density at radius 2 is 1.28 bits per heavy atom. The third kappa shape index (κ3) is 6.37. The van der Waals surface area contributed by atoms with E-state index in [1.165, 1.54) is 0 Å². The zero-order valence-corrected chi connectivity index (χ0v) is 16.3. The van der Waals surface area contributed by atoms with Crippen molar-refractivity contribution in [3.8, 4) is 0 Å². The van der Waals surface area contributed by atoms with Crippen molar-refractivity contribution in [2.75, 3.05) is 6.61 Å². The summed E-state index contributed by atoms with van der Waals surface area (Å²) in [6.45, 7) is 2.68. The molecule has 2 unspecified atom stereocenters. The van der Waals surface area contributed by atoms with Crippen LogP contribution in [0.15, 0.2) is 0 Å². The highest BCUT2D eigenvalue weighted by Crippen LogP contribution is 2.50. The molecule has 0 aliphatic rings. The lowest BCUT2D eigenvalue weighted by Crippen LogP contribution is -2.63. The van der Waals surface area contributed by atoms with Gasteiger partial charge in [-0.1, -0.05) is 6.92 Å². The minimum absolute atomic E-state index is 0.458. The summed E-state index contributed by atoms with van der Waals surface area (Å²) >= 11 is 0. The van der Waals surface area contributed by atoms with E-state index < -0.39 is 66.7 Å². The van der Waals surface area contributed by atoms with Crippen LogP contribution in [0.5, 0.6) is 0 Å². The summed E-state index contributed by atoms with van der Waals surface area (Å²) in [5.41, 5.74) is -9.83. The maximum atomic E-state index is 13.3. The Hall–Kier alpha value is -1.24. The monoisotopic (exact) mass is 450 g/mol. The smallest absolute Gasteiger partial charge is 0.426 e. The first-order chi connectivity index (χ1) is 12.5. The number of halogens is 9. The number of aliphatic hydroxyl groups is 1. The molecule has 0 aliphatic heterocycles. The van der Waals surface area contributed by atoms with Gasteiger partial charge in [-0.25, -0.2) is 0 Å². The zero-order valence-electron chi connectivity index (χ0n) is 16.3. The molecule has 0 amide bonds. The number of esters is 1. The van der Waals surface area contributed by atoms with Crippen LogP contribution in [0.3, 0.4) is 0 Å². The van der Waals surface area contributed by atoms with Crippen LogP contribution in [0, 0.1) is 5.41 Å². The average molecular weight is 450 g/mol. The van der Waals surface area contributed by atoms with Gasteiger partial charge >= 0.3 is 24.5 Å². The summed E-state index contributed by atoms with van der Waals surface area (Å²) in [7, 11) is 0. The fraction of sp³-hybridized carbons (Fsp3) is 0.938. The van der Waals surface area contributed by atoms with Crippen molar-refractivity contribution in [2.45, 2.75) is 83.3 Å². The van der Waals surface area contributed by atoms with Gasteiger partial charge < -0.3 is 14.6 Å². The van der Waals surface area contributed by atoms with Crippen molar-refractivity contribution < 1.29 is 58.9 Å². The number of carbonyl (C=O) groups excluding carboxylic acids is 1. The third-order valence-electron chi connectivity index (χ3n) is 4.11. The van der Waals surface area contributed by atoms with E-state index in [1.54, 1.807) is 0 Å². The van der Waals surface area contributed by atoms with E-state index in [0.717, 1.165) is 27.7 Å². The van der Waals surface area contributed by atoms with Gasteiger partial charge in [-0.15, -0.1) is 0 Å². The highest BCUT2D eigenvalue weighted by molar-refractivity contribution is 5.77. The minimum atomic E-state index is -6.03. The molecule has 174 valence electrons. The lowest BCUT2D eigenvalue weighted by Gasteiger charge is -2.42. The van der Waals surface area contributed by atoms with Crippen LogP contribution >= 0.6 is 0 Å². The molecule has 0 spiro atoms. The quantitative estimate of drug-likeness (QED) is 0.441. The summed E-state index contributed by atoms with van der Waals surface area (Å²) < 4.78 is 127. The highest BCUT2D eigenvalue weighted by atomic mass is 19.4. The number of hydrogen-bond acceptors (Lipinski definition) is 4. The van der Waals surface area contributed by atoms with Gasteiger partial charge in [0.05, 0.1) is 11.7 Å². The van der Waals surface area contributed by atoms with Crippen LogP contribution in [0.2, 0.25) is 0 Å². The summed E-state index contributed by atoms with van der Waals surface area (Å²) in [5.74, 6) is -1.94. The normalized spacial score (nSPS) is 17.6. The highest BCUT2D eigenvalue weighted by Gasteiger charge is 2.73. The van der Waals surface area contributed by atoms with Gasteiger partial charge in [-0.3, -0.25) is 4.79 Å². The largest absolute Gasteiger partial charge is 0.462 e. The van der Waals surface area contributed by atoms with Crippen molar-refractivity contribution in [3.63, 3.8) is 0 Å². The van der Waals surface area contributed by atoms with Gasteiger partial charge in [-0.2, -0.15) is 39.5 Å². The van der Waals surface area contributed by atoms with E-state index in [-0.39, 0.29) is 0 Å². The maximum absolute atomic E-state index is 13.3. The van der Waals surface area contributed by atoms with E-state index in [4.69, 9.17) is 0 Å². The maximum Gasteiger partial charge on any atom is 0.426 e. The molecular weight excluding hydrogens is 427 g/mol. The van der Waals surface area contributed by atoms with Crippen LogP contribution in [0.1, 0.15) is 47.5 Å². The van der Waals surface area contributed by atoms with Crippen LogP contribution in [-0.2, 0) is 14.3 Å². The van der Waals surface area contributed by atoms with Gasteiger partial charge in [0, 0.05) is 6.42 Å². The lowest BCUT2D eigenvalue weighted by atomic mass is 9.87. The van der Waals surface area contributed by atoms with Gasteiger partial charge in [0.25, 0.3) is 5.60 Å². The van der Waals surface area contributed by atoms with Crippen LogP contribution in [0.4, 0.5) is 39.5 Å². The van der Waals surface area contributed by atoms with E-state index in [9.17, 15) is 49.4 Å². The molecule has 2 atom stereocenters. The Bertz CT molecular complexity index is 547. The SMILES string of the molecule is CCC(C)(C(=O)OCC(O)CC(OC(C)(C)C)(C(F)(F)F)C(F)(F)F)C(F)(F)F. The van der Waals surface area contributed by atoms with Gasteiger partial charge in [-0.05, 0) is 34.1 Å². The topological polar surface area (TPSA) is 55.8 Å². The molecule has 0 fully saturated rings. The Morgan fingerprint density at radius 3 is 1.55 bits per heavy atom. The number of rotatable bonds is 7. The first kappa shape index (κ1) is 27.8. The molecule has 1 N–H and O–H groups in total. The zero-order chi connectivity index (χ0) is 23.7. The average Bonchev–Trinajstić information content (AvgIpc) is 2.46. The van der Waals surface area contributed by atoms with Crippen LogP contribution < -0.4 is 0 Å². The number of ether oxygens (including phenoxy) is 2. The second-order valence-electron chi connectivity index (χ2n) is 7.68. The number of carbonyl (C=O) groups is 1. The molecular formula is C16H23F9O4. The summed E-state index contributed by atoms with van der Waals surface area (Å²) in [6, 6.07) is 0. The van der Waals surface area contributed by atoms with Gasteiger partial charge in [0.2, 0.25) is 0 Å². The fourth-order valence-corrected chi connectivity index (χ4v) is 2.25. The predicted octanol–water partition coefficient (Wildman–Crippen LogP) is 4.94. The minimum Gasteiger partial charge on any atom is -0.462 e. The van der Waals surface area contributed by atoms with E-state index in [2.05, 4.69) is 9.47 Å². The van der Waals surface area contributed by atoms with Crippen LogP contribution in [-0.4, -0.2) is 53.5 Å². The Kier molecular flexibility index (Phi) is 8.12. The van der Waals surface area contributed by atoms with Crippen molar-refractivity contribution >= 4 is 5.97 Å². The molecule has 0 aromatic rings. The Labute approximate surface area is 161 Å². The molecule has 0 bridgehead atoms. The summed E-state index contributed by atoms with van der Waals surface area (Å²) in [6.07, 6.45) is -22.7. The molecule has 0 saturated heterocycles. The molecule has 4 nitrogen and oxygen atoms in total. The molecule has 0 aliphatic carbocycles. The third-order valence-corrected chi connectivity index (χ3v) is 4.11. The molecule has 13 heteroatoms. The number of hydrogen-bond donors (Lipinski definition) is 1. The molecule has 0 saturated carbocycles. The van der Waals surface area contributed by atoms with Crippen molar-refractivity contribution in [2.24, 2.45) is 5.41 Å². The standard InChI is InChI=1S/C16H23F9O4/c1-6-12(5,14(17,18)19)10(27)28-8-9(26)7-13(15(20,21)22,16(23,24)25)29-11(2,3)4/h9,26H,6-8H2,1-5H3. The van der Waals surface area contributed by atoms with E-state index in [1.807, 2.05) is 0 Å². The summed E-state index contributed by atoms with van der Waals surface area (Å²) in [4.78, 5) is 11.7. The second-order valence-corrected chi connectivity index (χ2v) is 7.68. The van der Waals surface area contributed by atoms with Crippen molar-refractivity contribution in [1.82, 2.24) is 0 Å². The molecule has 0 radical (unpaired) electrons. The molecule has 29 heavy (non-hydrogen) atoms. The van der Waals surface area contributed by atoms with Crippen molar-refractivity contribution in [3.05, 3.63) is 0 Å². The van der Waals surface area contributed by atoms with E-state index in [0.29, 0.717) is 6.92 Å². The molecule has 0 aromatic heterocycles. The van der Waals surface area contributed by atoms with E-state index >= 15 is 0 Å². The fourth-order valence-electron chi connectivity index (χ4n) is 2.25. The lowest BCUT2D eigenvalue weighted by molar-refractivity contribution is -0.404. The van der Waals surface area contributed by atoms with Crippen LogP contribution in [0.25, 0.3) is 0 Å². The first-order valence-corrected chi connectivity index (χ1v) is 8.29. The second kappa shape index (κ2) is 8.48. The first-order valence-electron chi connectivity index (χ1n) is 8.29. The van der Waals surface area contributed by atoms with Crippen molar-refractivity contribution in [1.29, 1.82) is 0 Å². The molecule has 0 heterocycles. The number of aliphatic hydroxyl groups excluding tert-OH is 1.